The fraction of sp³-hybridized carbons (Fsp3) is 0.188. The molecule has 102 valence electrons. The Hall–Kier alpha value is -1.81. The summed E-state index contributed by atoms with van der Waals surface area (Å²) in [5.74, 6) is 0.800. The number of nitrogens with one attached hydrogen (secondary N) is 1. The van der Waals surface area contributed by atoms with Gasteiger partial charge in [0.25, 0.3) is 5.91 Å². The number of halogens is 1. The van der Waals surface area contributed by atoms with Gasteiger partial charge >= 0.3 is 0 Å². The van der Waals surface area contributed by atoms with Crippen LogP contribution < -0.4 is 10.1 Å². The Bertz CT molecular complexity index is 637. The maximum absolute atomic E-state index is 12.2. The molecule has 2 aromatic carbocycles. The van der Waals surface area contributed by atoms with E-state index in [0.717, 1.165) is 28.8 Å². The van der Waals surface area contributed by atoms with Gasteiger partial charge in [0, 0.05) is 23.0 Å². The summed E-state index contributed by atoms with van der Waals surface area (Å²) < 4.78 is 5.44. The predicted octanol–water partition coefficient (Wildman–Crippen LogP) is 3.77. The normalized spacial score (nSPS) is 12.7. The summed E-state index contributed by atoms with van der Waals surface area (Å²) >= 11 is 3.40. The van der Waals surface area contributed by atoms with Gasteiger partial charge in [-0.25, -0.2) is 0 Å². The van der Waals surface area contributed by atoms with Gasteiger partial charge in [-0.15, -0.1) is 0 Å². The predicted molar refractivity (Wildman–Crippen MR) is 82.7 cm³/mol. The van der Waals surface area contributed by atoms with Crippen molar-refractivity contribution < 1.29 is 9.53 Å². The standard InChI is InChI=1S/C16H14BrNO2/c17-10-11-1-4-14(5-2-11)18-16(19)13-3-6-15-12(9-13)7-8-20-15/h1-6,9H,7-8,10H2,(H,18,19). The van der Waals surface area contributed by atoms with Gasteiger partial charge in [-0.05, 0) is 41.5 Å². The number of alkyl halides is 1. The molecule has 1 aliphatic heterocycles. The molecule has 3 nitrogen and oxygen atoms in total. The SMILES string of the molecule is O=C(Nc1ccc(CBr)cc1)c1ccc2c(c1)CCO2. The minimum absolute atomic E-state index is 0.0914. The van der Waals surface area contributed by atoms with Crippen molar-refractivity contribution in [1.82, 2.24) is 0 Å². The van der Waals surface area contributed by atoms with E-state index in [4.69, 9.17) is 4.74 Å². The average Bonchev–Trinajstić information content (AvgIpc) is 2.95. The average molecular weight is 332 g/mol. The second-order valence-corrected chi connectivity index (χ2v) is 5.27. The second-order valence-electron chi connectivity index (χ2n) is 4.71. The summed E-state index contributed by atoms with van der Waals surface area (Å²) in [4.78, 5) is 12.2. The number of benzene rings is 2. The van der Waals surface area contributed by atoms with Crippen LogP contribution in [0.15, 0.2) is 42.5 Å². The Balaban J connectivity index is 1.75. The van der Waals surface area contributed by atoms with Crippen LogP contribution in [-0.2, 0) is 11.8 Å². The quantitative estimate of drug-likeness (QED) is 0.869. The van der Waals surface area contributed by atoms with E-state index in [1.807, 2.05) is 36.4 Å². The molecule has 0 saturated carbocycles. The Kier molecular flexibility index (Phi) is 3.74. The van der Waals surface area contributed by atoms with Crippen molar-refractivity contribution in [2.75, 3.05) is 11.9 Å². The highest BCUT2D eigenvalue weighted by molar-refractivity contribution is 9.08. The van der Waals surface area contributed by atoms with Gasteiger partial charge in [-0.1, -0.05) is 28.1 Å². The molecule has 0 aliphatic carbocycles. The van der Waals surface area contributed by atoms with Crippen molar-refractivity contribution in [2.24, 2.45) is 0 Å². The Morgan fingerprint density at radius 2 is 2.00 bits per heavy atom. The Morgan fingerprint density at radius 3 is 2.75 bits per heavy atom. The third-order valence-electron chi connectivity index (χ3n) is 3.32. The van der Waals surface area contributed by atoms with Gasteiger partial charge < -0.3 is 10.1 Å². The van der Waals surface area contributed by atoms with Crippen molar-refractivity contribution in [1.29, 1.82) is 0 Å². The molecular formula is C16H14BrNO2. The summed E-state index contributed by atoms with van der Waals surface area (Å²) in [7, 11) is 0. The molecule has 2 aromatic rings. The zero-order valence-corrected chi connectivity index (χ0v) is 12.4. The van der Waals surface area contributed by atoms with Crippen molar-refractivity contribution in [3.8, 4) is 5.75 Å². The van der Waals surface area contributed by atoms with Gasteiger partial charge in [0.05, 0.1) is 6.61 Å². The monoisotopic (exact) mass is 331 g/mol. The van der Waals surface area contributed by atoms with Gasteiger partial charge in [0.15, 0.2) is 0 Å². The third kappa shape index (κ3) is 2.70. The number of fused-ring (bicyclic) bond motifs is 1. The molecule has 0 aromatic heterocycles. The molecule has 3 rings (SSSR count). The summed E-state index contributed by atoms with van der Waals surface area (Å²) in [6, 6.07) is 13.4. The first kappa shape index (κ1) is 13.2. The van der Waals surface area contributed by atoms with E-state index < -0.39 is 0 Å². The minimum Gasteiger partial charge on any atom is -0.493 e. The molecular weight excluding hydrogens is 318 g/mol. The molecule has 0 spiro atoms. The lowest BCUT2D eigenvalue weighted by Gasteiger charge is -2.07. The number of hydrogen-bond acceptors (Lipinski definition) is 2. The van der Waals surface area contributed by atoms with Crippen molar-refractivity contribution >= 4 is 27.5 Å². The van der Waals surface area contributed by atoms with E-state index in [9.17, 15) is 4.79 Å². The van der Waals surface area contributed by atoms with Gasteiger partial charge in [0.2, 0.25) is 0 Å². The lowest BCUT2D eigenvalue weighted by Crippen LogP contribution is -2.11. The second kappa shape index (κ2) is 5.67. The van der Waals surface area contributed by atoms with E-state index in [1.54, 1.807) is 6.07 Å². The molecule has 20 heavy (non-hydrogen) atoms. The molecule has 4 heteroatoms. The highest BCUT2D eigenvalue weighted by atomic mass is 79.9. The summed E-state index contributed by atoms with van der Waals surface area (Å²) in [6.45, 7) is 0.703. The van der Waals surface area contributed by atoms with Crippen LogP contribution in [0.1, 0.15) is 21.5 Å². The zero-order valence-electron chi connectivity index (χ0n) is 10.9. The fourth-order valence-corrected chi connectivity index (χ4v) is 2.58. The van der Waals surface area contributed by atoms with Crippen LogP contribution >= 0.6 is 15.9 Å². The first-order chi connectivity index (χ1) is 9.76. The topological polar surface area (TPSA) is 38.3 Å². The van der Waals surface area contributed by atoms with Crippen LogP contribution in [0, 0.1) is 0 Å². The van der Waals surface area contributed by atoms with Crippen LogP contribution in [0.3, 0.4) is 0 Å². The molecule has 0 radical (unpaired) electrons. The molecule has 1 heterocycles. The first-order valence-electron chi connectivity index (χ1n) is 6.48. The summed E-state index contributed by atoms with van der Waals surface area (Å²) in [5, 5.41) is 3.72. The zero-order chi connectivity index (χ0) is 13.9. The number of anilines is 1. The van der Waals surface area contributed by atoms with Gasteiger partial charge in [-0.3, -0.25) is 4.79 Å². The molecule has 0 atom stereocenters. The Morgan fingerprint density at radius 1 is 1.20 bits per heavy atom. The van der Waals surface area contributed by atoms with Crippen LogP contribution in [0.5, 0.6) is 5.75 Å². The van der Waals surface area contributed by atoms with Crippen molar-refractivity contribution in [3.63, 3.8) is 0 Å². The van der Waals surface area contributed by atoms with Crippen LogP contribution in [-0.4, -0.2) is 12.5 Å². The molecule has 0 bridgehead atoms. The fourth-order valence-electron chi connectivity index (χ4n) is 2.21. The van der Waals surface area contributed by atoms with E-state index in [-0.39, 0.29) is 5.91 Å². The first-order valence-corrected chi connectivity index (χ1v) is 7.60. The molecule has 0 fully saturated rings. The largest absolute Gasteiger partial charge is 0.493 e. The van der Waals surface area contributed by atoms with E-state index in [1.165, 1.54) is 5.56 Å². The summed E-state index contributed by atoms with van der Waals surface area (Å²) in [6.07, 6.45) is 0.871. The van der Waals surface area contributed by atoms with Crippen molar-refractivity contribution in [3.05, 3.63) is 59.2 Å². The number of amides is 1. The highest BCUT2D eigenvalue weighted by Gasteiger charge is 2.15. The molecule has 1 N–H and O–H groups in total. The molecule has 1 amide bonds. The van der Waals surface area contributed by atoms with Crippen LogP contribution in [0.2, 0.25) is 0 Å². The summed E-state index contributed by atoms with van der Waals surface area (Å²) in [5.41, 5.74) is 3.75. The number of carbonyl (C=O) groups is 1. The molecule has 0 unspecified atom stereocenters. The smallest absolute Gasteiger partial charge is 0.255 e. The Labute approximate surface area is 126 Å². The number of rotatable bonds is 3. The van der Waals surface area contributed by atoms with E-state index in [2.05, 4.69) is 21.2 Å². The molecule has 1 aliphatic rings. The number of carbonyl (C=O) groups excluding carboxylic acids is 1. The highest BCUT2D eigenvalue weighted by Crippen LogP contribution is 2.26. The maximum Gasteiger partial charge on any atom is 0.255 e. The van der Waals surface area contributed by atoms with Crippen molar-refractivity contribution in [2.45, 2.75) is 11.8 Å². The van der Waals surface area contributed by atoms with Crippen LogP contribution in [0.25, 0.3) is 0 Å². The van der Waals surface area contributed by atoms with Crippen LogP contribution in [0.4, 0.5) is 5.69 Å². The minimum atomic E-state index is -0.0914. The van der Waals surface area contributed by atoms with Gasteiger partial charge in [-0.2, -0.15) is 0 Å². The molecule has 0 saturated heterocycles. The number of hydrogen-bond donors (Lipinski definition) is 1. The lowest BCUT2D eigenvalue weighted by atomic mass is 10.1. The van der Waals surface area contributed by atoms with E-state index in [0.29, 0.717) is 12.2 Å². The van der Waals surface area contributed by atoms with E-state index >= 15 is 0 Å². The van der Waals surface area contributed by atoms with Gasteiger partial charge in [0.1, 0.15) is 5.75 Å². The lowest BCUT2D eigenvalue weighted by molar-refractivity contribution is 0.102. The number of ether oxygens (including phenoxy) is 1. The third-order valence-corrected chi connectivity index (χ3v) is 3.97. The maximum atomic E-state index is 12.2.